The molecule has 2 aromatic rings. The summed E-state index contributed by atoms with van der Waals surface area (Å²) in [5.41, 5.74) is 2.28. The van der Waals surface area contributed by atoms with E-state index in [0.29, 0.717) is 0 Å². The lowest BCUT2D eigenvalue weighted by atomic mass is 10.1. The molecule has 0 saturated carbocycles. The first-order valence-electron chi connectivity index (χ1n) is 6.22. The van der Waals surface area contributed by atoms with E-state index in [1.807, 2.05) is 25.1 Å². The number of aryl methyl sites for hydroxylation is 1. The van der Waals surface area contributed by atoms with Gasteiger partial charge in [-0.2, -0.15) is 0 Å². The highest BCUT2D eigenvalue weighted by molar-refractivity contribution is 7.99. The second kappa shape index (κ2) is 6.07. The van der Waals surface area contributed by atoms with Crippen LogP contribution in [-0.2, 0) is 0 Å². The average molecular weight is 258 g/mol. The maximum Gasteiger partial charge on any atom is 0.0798 e. The third-order valence-electron chi connectivity index (χ3n) is 2.88. The van der Waals surface area contributed by atoms with Gasteiger partial charge in [0.15, 0.2) is 0 Å². The third-order valence-corrected chi connectivity index (χ3v) is 3.96. The van der Waals surface area contributed by atoms with E-state index in [1.54, 1.807) is 11.8 Å². The number of hydrogen-bond acceptors (Lipinski definition) is 2. The molecule has 94 valence electrons. The van der Waals surface area contributed by atoms with Gasteiger partial charge in [0.05, 0.1) is 6.10 Å². The van der Waals surface area contributed by atoms with Crippen molar-refractivity contribution in [2.45, 2.75) is 36.2 Å². The number of rotatable bonds is 4. The molecule has 0 spiro atoms. The van der Waals surface area contributed by atoms with Crippen LogP contribution in [0.1, 0.15) is 30.6 Å². The highest BCUT2D eigenvalue weighted by atomic mass is 32.2. The van der Waals surface area contributed by atoms with Crippen LogP contribution >= 0.6 is 11.8 Å². The summed E-state index contributed by atoms with van der Waals surface area (Å²) in [6.07, 6.45) is 0.365. The van der Waals surface area contributed by atoms with Crippen molar-refractivity contribution >= 4 is 11.8 Å². The van der Waals surface area contributed by atoms with Gasteiger partial charge < -0.3 is 5.11 Å². The first-order chi connectivity index (χ1) is 8.70. The van der Waals surface area contributed by atoms with Crippen molar-refractivity contribution in [3.8, 4) is 0 Å². The second-order valence-electron chi connectivity index (χ2n) is 4.38. The standard InChI is InChI=1S/C16H18OS/c1-3-15(17)14-9-4-5-10-16(14)18-13-8-6-7-12(2)11-13/h4-11,15,17H,3H2,1-2H3. The predicted octanol–water partition coefficient (Wildman–Crippen LogP) is 4.59. The molecule has 2 heteroatoms. The maximum atomic E-state index is 10.0. The summed E-state index contributed by atoms with van der Waals surface area (Å²) in [7, 11) is 0. The van der Waals surface area contributed by atoms with Crippen molar-refractivity contribution in [1.82, 2.24) is 0 Å². The highest BCUT2D eigenvalue weighted by Crippen LogP contribution is 2.34. The van der Waals surface area contributed by atoms with Gasteiger partial charge in [-0.1, -0.05) is 54.6 Å². The number of hydrogen-bond donors (Lipinski definition) is 1. The van der Waals surface area contributed by atoms with Gasteiger partial charge in [-0.05, 0) is 37.1 Å². The monoisotopic (exact) mass is 258 g/mol. The van der Waals surface area contributed by atoms with E-state index < -0.39 is 0 Å². The Balaban J connectivity index is 2.29. The summed E-state index contributed by atoms with van der Waals surface area (Å²) in [5.74, 6) is 0. The van der Waals surface area contributed by atoms with Crippen molar-refractivity contribution in [1.29, 1.82) is 0 Å². The Bertz CT molecular complexity index is 522. The Morgan fingerprint density at radius 3 is 2.61 bits per heavy atom. The lowest BCUT2D eigenvalue weighted by molar-refractivity contribution is 0.171. The average Bonchev–Trinajstić information content (AvgIpc) is 2.38. The molecule has 2 rings (SSSR count). The zero-order valence-corrected chi connectivity index (χ0v) is 11.6. The van der Waals surface area contributed by atoms with Gasteiger partial charge in [-0.25, -0.2) is 0 Å². The first-order valence-corrected chi connectivity index (χ1v) is 7.04. The Morgan fingerprint density at radius 2 is 1.89 bits per heavy atom. The van der Waals surface area contributed by atoms with Crippen molar-refractivity contribution < 1.29 is 5.11 Å². The molecule has 0 fully saturated rings. The fourth-order valence-corrected chi connectivity index (χ4v) is 2.99. The van der Waals surface area contributed by atoms with Crippen LogP contribution in [0, 0.1) is 6.92 Å². The molecule has 0 saturated heterocycles. The van der Waals surface area contributed by atoms with Crippen LogP contribution in [0.3, 0.4) is 0 Å². The van der Waals surface area contributed by atoms with E-state index in [0.717, 1.165) is 16.9 Å². The number of aliphatic hydroxyl groups excluding tert-OH is 1. The van der Waals surface area contributed by atoms with Crippen LogP contribution in [0.2, 0.25) is 0 Å². The molecule has 1 N–H and O–H groups in total. The van der Waals surface area contributed by atoms with E-state index in [-0.39, 0.29) is 6.10 Å². The normalized spacial score (nSPS) is 12.4. The summed E-state index contributed by atoms with van der Waals surface area (Å²) in [6.45, 7) is 4.09. The Morgan fingerprint density at radius 1 is 1.11 bits per heavy atom. The Labute approximate surface area is 113 Å². The van der Waals surface area contributed by atoms with Crippen molar-refractivity contribution in [3.63, 3.8) is 0 Å². The van der Waals surface area contributed by atoms with Gasteiger partial charge in [0.1, 0.15) is 0 Å². The molecule has 0 amide bonds. The van der Waals surface area contributed by atoms with Crippen LogP contribution in [0.25, 0.3) is 0 Å². The van der Waals surface area contributed by atoms with Crippen LogP contribution in [0.15, 0.2) is 58.3 Å². The lowest BCUT2D eigenvalue weighted by Crippen LogP contribution is -1.97. The summed E-state index contributed by atoms with van der Waals surface area (Å²) in [5, 5.41) is 10.0. The zero-order chi connectivity index (χ0) is 13.0. The summed E-state index contributed by atoms with van der Waals surface area (Å²) >= 11 is 1.71. The lowest BCUT2D eigenvalue weighted by Gasteiger charge is -2.13. The van der Waals surface area contributed by atoms with Gasteiger partial charge in [-0.15, -0.1) is 0 Å². The largest absolute Gasteiger partial charge is 0.388 e. The summed E-state index contributed by atoms with van der Waals surface area (Å²) in [6, 6.07) is 16.5. The van der Waals surface area contributed by atoms with Crippen LogP contribution in [0.5, 0.6) is 0 Å². The zero-order valence-electron chi connectivity index (χ0n) is 10.8. The molecule has 2 aromatic carbocycles. The Kier molecular flexibility index (Phi) is 4.45. The third kappa shape index (κ3) is 3.15. The van der Waals surface area contributed by atoms with E-state index >= 15 is 0 Å². The van der Waals surface area contributed by atoms with Gasteiger partial charge in [0.25, 0.3) is 0 Å². The van der Waals surface area contributed by atoms with Gasteiger partial charge >= 0.3 is 0 Å². The predicted molar refractivity (Wildman–Crippen MR) is 77.0 cm³/mol. The smallest absolute Gasteiger partial charge is 0.0798 e. The van der Waals surface area contributed by atoms with Crippen molar-refractivity contribution in [2.75, 3.05) is 0 Å². The number of aliphatic hydroxyl groups is 1. The Hall–Kier alpha value is -1.25. The topological polar surface area (TPSA) is 20.2 Å². The fourth-order valence-electron chi connectivity index (χ4n) is 1.87. The molecule has 0 aliphatic carbocycles. The minimum Gasteiger partial charge on any atom is -0.388 e. The van der Waals surface area contributed by atoms with Gasteiger partial charge in [0.2, 0.25) is 0 Å². The molecule has 0 aromatic heterocycles. The van der Waals surface area contributed by atoms with E-state index in [2.05, 4.69) is 37.3 Å². The van der Waals surface area contributed by atoms with Crippen molar-refractivity contribution in [2.24, 2.45) is 0 Å². The van der Waals surface area contributed by atoms with Crippen LogP contribution in [-0.4, -0.2) is 5.11 Å². The van der Waals surface area contributed by atoms with Crippen molar-refractivity contribution in [3.05, 3.63) is 59.7 Å². The van der Waals surface area contributed by atoms with Gasteiger partial charge in [-0.3, -0.25) is 0 Å². The molecule has 0 aliphatic heterocycles. The first kappa shape index (κ1) is 13.2. The van der Waals surface area contributed by atoms with E-state index in [1.165, 1.54) is 10.5 Å². The molecule has 0 heterocycles. The van der Waals surface area contributed by atoms with Crippen LogP contribution in [0.4, 0.5) is 0 Å². The molecule has 0 aliphatic rings. The quantitative estimate of drug-likeness (QED) is 0.865. The van der Waals surface area contributed by atoms with Gasteiger partial charge in [0, 0.05) is 9.79 Å². The molecular weight excluding hydrogens is 240 g/mol. The van der Waals surface area contributed by atoms with E-state index in [4.69, 9.17) is 0 Å². The molecular formula is C16H18OS. The fraction of sp³-hybridized carbons (Fsp3) is 0.250. The molecule has 0 bridgehead atoms. The molecule has 18 heavy (non-hydrogen) atoms. The second-order valence-corrected chi connectivity index (χ2v) is 5.50. The number of benzene rings is 2. The molecule has 1 unspecified atom stereocenters. The van der Waals surface area contributed by atoms with E-state index in [9.17, 15) is 5.11 Å². The molecule has 0 radical (unpaired) electrons. The minimum absolute atomic E-state index is 0.376. The maximum absolute atomic E-state index is 10.0. The SMILES string of the molecule is CCC(O)c1ccccc1Sc1cccc(C)c1. The molecule has 1 nitrogen and oxygen atoms in total. The molecule has 1 atom stereocenters. The minimum atomic E-state index is -0.376. The highest BCUT2D eigenvalue weighted by Gasteiger charge is 2.10. The summed E-state index contributed by atoms with van der Waals surface area (Å²) in [4.78, 5) is 2.35. The van der Waals surface area contributed by atoms with Crippen LogP contribution < -0.4 is 0 Å². The summed E-state index contributed by atoms with van der Waals surface area (Å²) < 4.78 is 0.